The van der Waals surface area contributed by atoms with Crippen molar-refractivity contribution in [3.63, 3.8) is 0 Å². The highest BCUT2D eigenvalue weighted by Crippen LogP contribution is 2.15. The molecule has 2 N–H and O–H groups in total. The first kappa shape index (κ1) is 23.4. The highest BCUT2D eigenvalue weighted by atomic mass is 16.4. The van der Waals surface area contributed by atoms with Crippen molar-refractivity contribution in [2.45, 2.75) is 97.3 Å². The maximum atomic E-state index is 11.1. The Kier molecular flexibility index (Phi) is 14.9. The predicted octanol–water partition coefficient (Wildman–Crippen LogP) is 6.12. The number of hydrogen-bond donors (Lipinski definition) is 2. The molecule has 0 rings (SSSR count). The van der Waals surface area contributed by atoms with Gasteiger partial charge in [-0.05, 0) is 45.4 Å². The zero-order chi connectivity index (χ0) is 18.9. The third kappa shape index (κ3) is 13.4. The van der Waals surface area contributed by atoms with Gasteiger partial charge < -0.3 is 10.2 Å². The molecule has 0 aromatic rings. The lowest BCUT2D eigenvalue weighted by Gasteiger charge is -2.05. The van der Waals surface area contributed by atoms with E-state index < -0.39 is 11.9 Å². The highest BCUT2D eigenvalue weighted by Gasteiger charge is 2.15. The van der Waals surface area contributed by atoms with Crippen molar-refractivity contribution in [3.05, 3.63) is 23.3 Å². The van der Waals surface area contributed by atoms with E-state index in [4.69, 9.17) is 10.2 Å². The molecule has 4 nitrogen and oxygen atoms in total. The third-order valence-electron chi connectivity index (χ3n) is 4.47. The van der Waals surface area contributed by atoms with Crippen LogP contribution in [0.1, 0.15) is 97.3 Å². The number of carboxylic acids is 2. The molecule has 25 heavy (non-hydrogen) atoms. The number of allylic oxidation sites excluding steroid dienone is 2. The van der Waals surface area contributed by atoms with E-state index >= 15 is 0 Å². The number of aliphatic carboxylic acids is 2. The van der Waals surface area contributed by atoms with Crippen LogP contribution >= 0.6 is 0 Å². The van der Waals surface area contributed by atoms with Gasteiger partial charge in [0.05, 0.1) is 0 Å². The molecule has 0 amide bonds. The van der Waals surface area contributed by atoms with Gasteiger partial charge in [0.2, 0.25) is 0 Å². The molecule has 0 bridgehead atoms. The van der Waals surface area contributed by atoms with Crippen molar-refractivity contribution < 1.29 is 19.8 Å². The van der Waals surface area contributed by atoms with Gasteiger partial charge in [-0.25, -0.2) is 9.59 Å². The fourth-order valence-corrected chi connectivity index (χ4v) is 2.78. The number of carbonyl (C=O) groups is 2. The molecule has 0 saturated carbocycles. The summed E-state index contributed by atoms with van der Waals surface area (Å²) in [7, 11) is 0. The Bertz CT molecular complexity index is 435. The molecular weight excluding hydrogens is 316 g/mol. The molecule has 0 aliphatic carbocycles. The van der Waals surface area contributed by atoms with Crippen molar-refractivity contribution in [3.8, 4) is 0 Å². The monoisotopic (exact) mass is 352 g/mol. The first-order valence-electron chi connectivity index (χ1n) is 9.82. The van der Waals surface area contributed by atoms with E-state index in [0.717, 1.165) is 32.1 Å². The van der Waals surface area contributed by atoms with Gasteiger partial charge in [0.1, 0.15) is 0 Å². The number of hydrogen-bond acceptors (Lipinski definition) is 2. The lowest BCUT2D eigenvalue weighted by atomic mass is 10.0. The van der Waals surface area contributed by atoms with E-state index in [1.165, 1.54) is 51.9 Å². The van der Waals surface area contributed by atoms with Crippen LogP contribution in [0.5, 0.6) is 0 Å². The lowest BCUT2D eigenvalue weighted by molar-refractivity contribution is -0.136. The first-order valence-corrected chi connectivity index (χ1v) is 9.82. The second-order valence-corrected chi connectivity index (χ2v) is 6.69. The molecule has 0 saturated heterocycles. The molecule has 0 unspecified atom stereocenters. The zero-order valence-electron chi connectivity index (χ0n) is 16.1. The average molecular weight is 353 g/mol. The number of rotatable bonds is 16. The minimum Gasteiger partial charge on any atom is -0.478 e. The van der Waals surface area contributed by atoms with Crippen LogP contribution in [0.25, 0.3) is 0 Å². The molecule has 0 heterocycles. The summed E-state index contributed by atoms with van der Waals surface area (Å²) in [6, 6.07) is 0. The van der Waals surface area contributed by atoms with Gasteiger partial charge in [-0.2, -0.15) is 0 Å². The van der Waals surface area contributed by atoms with Crippen LogP contribution in [0.4, 0.5) is 0 Å². The number of unbranched alkanes of at least 4 members (excludes halogenated alkanes) is 10. The molecule has 0 radical (unpaired) electrons. The van der Waals surface area contributed by atoms with Crippen molar-refractivity contribution in [1.29, 1.82) is 0 Å². The predicted molar refractivity (Wildman–Crippen MR) is 103 cm³/mol. The van der Waals surface area contributed by atoms with Crippen LogP contribution in [0, 0.1) is 0 Å². The van der Waals surface area contributed by atoms with Crippen molar-refractivity contribution in [2.75, 3.05) is 0 Å². The van der Waals surface area contributed by atoms with Gasteiger partial charge in [-0.15, -0.1) is 0 Å². The largest absolute Gasteiger partial charge is 0.478 e. The van der Waals surface area contributed by atoms with Crippen LogP contribution in [-0.2, 0) is 9.59 Å². The summed E-state index contributed by atoms with van der Waals surface area (Å²) in [5.74, 6) is -2.26. The summed E-state index contributed by atoms with van der Waals surface area (Å²) in [6.07, 6.45) is 18.9. The molecule has 0 spiro atoms. The van der Waals surface area contributed by atoms with Crippen LogP contribution < -0.4 is 0 Å². The van der Waals surface area contributed by atoms with Crippen LogP contribution in [0.2, 0.25) is 0 Å². The molecule has 0 aliphatic rings. The van der Waals surface area contributed by atoms with E-state index in [0.29, 0.717) is 6.42 Å². The summed E-state index contributed by atoms with van der Waals surface area (Å²) in [5, 5.41) is 18.0. The molecule has 4 heteroatoms. The summed E-state index contributed by atoms with van der Waals surface area (Å²) in [6.45, 7) is 3.60. The van der Waals surface area contributed by atoms with Gasteiger partial charge in [0.25, 0.3) is 0 Å². The Morgan fingerprint density at radius 3 is 1.68 bits per heavy atom. The van der Waals surface area contributed by atoms with Crippen molar-refractivity contribution in [1.82, 2.24) is 0 Å². The Morgan fingerprint density at radius 1 is 0.720 bits per heavy atom. The second kappa shape index (κ2) is 15.9. The highest BCUT2D eigenvalue weighted by molar-refractivity contribution is 5.98. The van der Waals surface area contributed by atoms with Crippen molar-refractivity contribution >= 4 is 11.9 Å². The van der Waals surface area contributed by atoms with Gasteiger partial charge in [0.15, 0.2) is 0 Å². The first-order chi connectivity index (χ1) is 12.0. The van der Waals surface area contributed by atoms with Crippen LogP contribution in [0.15, 0.2) is 23.3 Å². The van der Waals surface area contributed by atoms with E-state index in [1.54, 1.807) is 0 Å². The van der Waals surface area contributed by atoms with E-state index in [-0.39, 0.29) is 11.1 Å². The lowest BCUT2D eigenvalue weighted by Crippen LogP contribution is -2.09. The topological polar surface area (TPSA) is 74.6 Å². The maximum absolute atomic E-state index is 11.1. The molecule has 0 fully saturated rings. The van der Waals surface area contributed by atoms with Gasteiger partial charge in [-0.3, -0.25) is 0 Å². The van der Waals surface area contributed by atoms with Crippen LogP contribution in [0.3, 0.4) is 0 Å². The molecular formula is C21H36O4. The number of carboxylic acid groups (broad SMARTS) is 2. The molecule has 0 aromatic carbocycles. The average Bonchev–Trinajstić information content (AvgIpc) is 2.57. The fraction of sp³-hybridized carbons (Fsp3) is 0.714. The fourth-order valence-electron chi connectivity index (χ4n) is 2.78. The summed E-state index contributed by atoms with van der Waals surface area (Å²) in [4.78, 5) is 21.9. The second-order valence-electron chi connectivity index (χ2n) is 6.69. The van der Waals surface area contributed by atoms with Crippen molar-refractivity contribution in [2.24, 2.45) is 0 Å². The smallest absolute Gasteiger partial charge is 0.332 e. The van der Waals surface area contributed by atoms with E-state index in [2.05, 4.69) is 19.1 Å². The Morgan fingerprint density at radius 2 is 1.20 bits per heavy atom. The summed E-state index contributed by atoms with van der Waals surface area (Å²) >= 11 is 0. The minimum atomic E-state index is -1.15. The standard InChI is InChI=1S/C21H36O4/c1-3-4-5-6-7-8-9-10-11-12-13-14-15-16-17-19(21(24)25)18(2)20(22)23/h10-11H,3-9,12-17H2,1-2H3,(H,22,23)(H,24,25)/b11-10+,19-18-. The Labute approximate surface area is 153 Å². The maximum Gasteiger partial charge on any atom is 0.332 e. The molecule has 144 valence electrons. The Hall–Kier alpha value is -1.58. The third-order valence-corrected chi connectivity index (χ3v) is 4.47. The van der Waals surface area contributed by atoms with E-state index in [9.17, 15) is 9.59 Å². The SMILES string of the molecule is CCCCCCCC/C=C/CCCCCC/C(C(=O)O)=C(\C)C(=O)O. The zero-order valence-corrected chi connectivity index (χ0v) is 16.1. The Balaban J connectivity index is 3.63. The van der Waals surface area contributed by atoms with E-state index in [1.807, 2.05) is 0 Å². The minimum absolute atomic E-state index is 0.0336. The molecule has 0 aliphatic heterocycles. The quantitative estimate of drug-likeness (QED) is 0.199. The van der Waals surface area contributed by atoms with Crippen LogP contribution in [-0.4, -0.2) is 22.2 Å². The molecule has 0 aromatic heterocycles. The molecule has 0 atom stereocenters. The van der Waals surface area contributed by atoms with Gasteiger partial charge in [0, 0.05) is 11.1 Å². The van der Waals surface area contributed by atoms with Gasteiger partial charge in [-0.1, -0.05) is 64.0 Å². The summed E-state index contributed by atoms with van der Waals surface area (Å²) < 4.78 is 0. The summed E-state index contributed by atoms with van der Waals surface area (Å²) in [5.41, 5.74) is -0.0172. The normalized spacial score (nSPS) is 12.4. The van der Waals surface area contributed by atoms with Gasteiger partial charge >= 0.3 is 11.9 Å².